The van der Waals surface area contributed by atoms with Crippen LogP contribution in [0.2, 0.25) is 0 Å². The van der Waals surface area contributed by atoms with Crippen LogP contribution in [0.4, 0.5) is 0 Å². The summed E-state index contributed by atoms with van der Waals surface area (Å²) in [4.78, 5) is 0. The third-order valence-electron chi connectivity index (χ3n) is 3.62. The molecule has 3 rings (SSSR count). The van der Waals surface area contributed by atoms with Crippen molar-refractivity contribution in [1.82, 2.24) is 0 Å². The molecule has 0 amide bonds. The van der Waals surface area contributed by atoms with Gasteiger partial charge in [0, 0.05) is 5.56 Å². The van der Waals surface area contributed by atoms with E-state index in [1.54, 1.807) is 0 Å². The first kappa shape index (κ1) is 11.3. The zero-order chi connectivity index (χ0) is 12.6. The van der Waals surface area contributed by atoms with Gasteiger partial charge in [0.05, 0.1) is 0 Å². The highest BCUT2D eigenvalue weighted by Crippen LogP contribution is 2.46. The van der Waals surface area contributed by atoms with Crippen molar-refractivity contribution in [2.24, 2.45) is 0 Å². The molecule has 0 bridgehead atoms. The van der Waals surface area contributed by atoms with Crippen LogP contribution in [0.5, 0.6) is 5.75 Å². The summed E-state index contributed by atoms with van der Waals surface area (Å²) in [5.41, 5.74) is 0.719. The first-order valence-electron chi connectivity index (χ1n) is 6.31. The highest BCUT2D eigenvalue weighted by molar-refractivity contribution is 5.49. The molecule has 1 heterocycles. The topological polar surface area (TPSA) is 29.5 Å². The average molecular weight is 240 g/mol. The van der Waals surface area contributed by atoms with Crippen LogP contribution in [0, 0.1) is 0 Å². The highest BCUT2D eigenvalue weighted by atomic mass is 16.5. The van der Waals surface area contributed by atoms with Crippen molar-refractivity contribution in [2.75, 3.05) is 0 Å². The lowest BCUT2D eigenvalue weighted by atomic mass is 9.82. The Morgan fingerprint density at radius 2 is 1.72 bits per heavy atom. The molecule has 0 radical (unpaired) electrons. The summed E-state index contributed by atoms with van der Waals surface area (Å²) >= 11 is 0. The predicted molar refractivity (Wildman–Crippen MR) is 70.6 cm³/mol. The Morgan fingerprint density at radius 3 is 2.44 bits per heavy atom. The van der Waals surface area contributed by atoms with Crippen LogP contribution in [-0.2, 0) is 5.60 Å². The van der Waals surface area contributed by atoms with Crippen LogP contribution in [0.25, 0.3) is 0 Å². The highest BCUT2D eigenvalue weighted by Gasteiger charge is 2.47. The molecule has 18 heavy (non-hydrogen) atoms. The molecule has 2 unspecified atom stereocenters. The van der Waals surface area contributed by atoms with Crippen LogP contribution in [0.1, 0.15) is 24.5 Å². The van der Waals surface area contributed by atoms with Gasteiger partial charge in [-0.2, -0.15) is 0 Å². The van der Waals surface area contributed by atoms with Gasteiger partial charge in [-0.15, -0.1) is 0 Å². The summed E-state index contributed by atoms with van der Waals surface area (Å²) in [7, 11) is 0. The van der Waals surface area contributed by atoms with Crippen molar-refractivity contribution in [1.29, 1.82) is 0 Å². The smallest absolute Gasteiger partial charge is 0.155 e. The minimum Gasteiger partial charge on any atom is -0.486 e. The van der Waals surface area contributed by atoms with E-state index in [4.69, 9.17) is 4.74 Å². The van der Waals surface area contributed by atoms with E-state index in [1.807, 2.05) is 61.5 Å². The first-order chi connectivity index (χ1) is 8.76. The largest absolute Gasteiger partial charge is 0.486 e. The molecule has 0 spiro atoms. The molecule has 2 nitrogen and oxygen atoms in total. The van der Waals surface area contributed by atoms with E-state index in [9.17, 15) is 5.11 Å². The van der Waals surface area contributed by atoms with Gasteiger partial charge >= 0.3 is 0 Å². The second-order valence-corrected chi connectivity index (χ2v) is 4.64. The van der Waals surface area contributed by atoms with Gasteiger partial charge in [0.25, 0.3) is 0 Å². The maximum atomic E-state index is 11.1. The molecule has 2 atom stereocenters. The van der Waals surface area contributed by atoms with Crippen molar-refractivity contribution in [2.45, 2.75) is 25.0 Å². The van der Waals surface area contributed by atoms with Gasteiger partial charge in [-0.3, -0.25) is 0 Å². The molecule has 2 heteroatoms. The summed E-state index contributed by atoms with van der Waals surface area (Å²) in [5.74, 6) is 0.788. The van der Waals surface area contributed by atoms with Crippen molar-refractivity contribution in [3.8, 4) is 5.75 Å². The Labute approximate surface area is 107 Å². The molecule has 1 aliphatic heterocycles. The molecule has 1 aliphatic rings. The normalized spacial score (nSPS) is 25.6. The molecular weight excluding hydrogens is 224 g/mol. The Bertz CT molecular complexity index is 550. The van der Waals surface area contributed by atoms with Gasteiger partial charge < -0.3 is 9.84 Å². The van der Waals surface area contributed by atoms with Gasteiger partial charge in [0.1, 0.15) is 11.9 Å². The summed E-state index contributed by atoms with van der Waals surface area (Å²) in [5, 5.41) is 11.1. The first-order valence-corrected chi connectivity index (χ1v) is 6.31. The summed E-state index contributed by atoms with van der Waals surface area (Å²) < 4.78 is 5.88. The third-order valence-corrected chi connectivity index (χ3v) is 3.62. The van der Waals surface area contributed by atoms with Crippen LogP contribution in [0.15, 0.2) is 54.6 Å². The number of ether oxygens (including phenoxy) is 1. The average Bonchev–Trinajstić information content (AvgIpc) is 2.74. The van der Waals surface area contributed by atoms with Crippen molar-refractivity contribution in [3.05, 3.63) is 65.7 Å². The maximum absolute atomic E-state index is 11.1. The number of aliphatic hydroxyl groups is 1. The molecular formula is C16H16O2. The quantitative estimate of drug-likeness (QED) is 0.874. The molecule has 0 aliphatic carbocycles. The van der Waals surface area contributed by atoms with Crippen LogP contribution >= 0.6 is 0 Å². The van der Waals surface area contributed by atoms with Gasteiger partial charge in [-0.25, -0.2) is 0 Å². The van der Waals surface area contributed by atoms with Crippen LogP contribution in [-0.4, -0.2) is 11.2 Å². The number of fused-ring (bicyclic) bond motifs is 1. The number of hydrogen-bond donors (Lipinski definition) is 1. The van der Waals surface area contributed by atoms with E-state index in [1.165, 1.54) is 0 Å². The zero-order valence-electron chi connectivity index (χ0n) is 10.3. The summed E-state index contributed by atoms with van der Waals surface area (Å²) in [6.45, 7) is 2.03. The Balaban J connectivity index is 2.19. The Hall–Kier alpha value is -1.80. The minimum atomic E-state index is -1.04. The van der Waals surface area contributed by atoms with Gasteiger partial charge in [0.15, 0.2) is 5.60 Å². The fourth-order valence-corrected chi connectivity index (χ4v) is 2.71. The molecule has 0 saturated carbocycles. The zero-order valence-corrected chi connectivity index (χ0v) is 10.3. The standard InChI is InChI=1S/C16H16O2/c1-2-15-16(17,12-8-4-3-5-9-12)13-10-6-7-11-14(13)18-15/h3-11,15,17H,2H2,1H3. The van der Waals surface area contributed by atoms with Crippen LogP contribution < -0.4 is 4.74 Å². The fraction of sp³-hybridized carbons (Fsp3) is 0.250. The van der Waals surface area contributed by atoms with E-state index in [0.717, 1.165) is 23.3 Å². The SMILES string of the molecule is CCC1Oc2ccccc2C1(O)c1ccccc1. The summed E-state index contributed by atoms with van der Waals surface area (Å²) in [6.07, 6.45) is 0.539. The number of rotatable bonds is 2. The van der Waals surface area contributed by atoms with E-state index >= 15 is 0 Å². The monoisotopic (exact) mass is 240 g/mol. The van der Waals surface area contributed by atoms with E-state index in [2.05, 4.69) is 0 Å². The molecule has 2 aromatic carbocycles. The second-order valence-electron chi connectivity index (χ2n) is 4.64. The summed E-state index contributed by atoms with van der Waals surface area (Å²) in [6, 6.07) is 17.5. The number of hydrogen-bond acceptors (Lipinski definition) is 2. The lowest BCUT2D eigenvalue weighted by Gasteiger charge is -2.28. The maximum Gasteiger partial charge on any atom is 0.155 e. The second kappa shape index (κ2) is 4.14. The molecule has 1 N–H and O–H groups in total. The van der Waals surface area contributed by atoms with Gasteiger partial charge in [0.2, 0.25) is 0 Å². The van der Waals surface area contributed by atoms with E-state index < -0.39 is 5.60 Å². The third kappa shape index (κ3) is 1.46. The molecule has 0 saturated heterocycles. The molecule has 0 fully saturated rings. The Morgan fingerprint density at radius 1 is 1.06 bits per heavy atom. The van der Waals surface area contributed by atoms with Gasteiger partial charge in [-0.05, 0) is 18.1 Å². The number of benzene rings is 2. The van der Waals surface area contributed by atoms with Crippen molar-refractivity contribution in [3.63, 3.8) is 0 Å². The van der Waals surface area contributed by atoms with E-state index in [-0.39, 0.29) is 6.10 Å². The van der Waals surface area contributed by atoms with Crippen molar-refractivity contribution >= 4 is 0 Å². The lowest BCUT2D eigenvalue weighted by molar-refractivity contribution is -0.00738. The minimum absolute atomic E-state index is 0.225. The molecule has 0 aromatic heterocycles. The fourth-order valence-electron chi connectivity index (χ4n) is 2.71. The Kier molecular flexibility index (Phi) is 2.60. The molecule has 2 aromatic rings. The van der Waals surface area contributed by atoms with Crippen molar-refractivity contribution < 1.29 is 9.84 Å². The van der Waals surface area contributed by atoms with Crippen LogP contribution in [0.3, 0.4) is 0 Å². The molecule has 92 valence electrons. The van der Waals surface area contributed by atoms with Gasteiger partial charge in [-0.1, -0.05) is 55.5 Å². The predicted octanol–water partition coefficient (Wildman–Crippen LogP) is 3.09. The van der Waals surface area contributed by atoms with E-state index in [0.29, 0.717) is 0 Å². The number of para-hydroxylation sites is 1. The lowest BCUT2D eigenvalue weighted by Crippen LogP contribution is -2.38.